The maximum absolute atomic E-state index is 13.4. The van der Waals surface area contributed by atoms with Crippen molar-refractivity contribution < 1.29 is 27.1 Å². The van der Waals surface area contributed by atoms with Gasteiger partial charge in [-0.05, 0) is 55.7 Å². The number of rotatable bonds is 14. The molecule has 0 unspecified atom stereocenters. The fourth-order valence-electron chi connectivity index (χ4n) is 3.72. The van der Waals surface area contributed by atoms with Crippen LogP contribution in [0.2, 0.25) is 5.02 Å². The number of ether oxygens (including phenoxy) is 1. The standard InChI is InChI=1S/C26H35ClFN3O5S/c1-5-6-15-29-26(33)19(2)30(18-20-9-11-21(28)12-10-20)25(32)8-7-16-31(37(4,34)35)22-13-14-24(36-3)23(27)17-22/h9-14,17,19H,5-8,15-16,18H2,1-4H3,(H,29,33)/t19-/m0/s1. The van der Waals surface area contributed by atoms with Gasteiger partial charge >= 0.3 is 0 Å². The van der Waals surface area contributed by atoms with Crippen molar-refractivity contribution in [2.24, 2.45) is 0 Å². The first kappa shape index (κ1) is 30.4. The van der Waals surface area contributed by atoms with Crippen LogP contribution >= 0.6 is 11.6 Å². The zero-order valence-corrected chi connectivity index (χ0v) is 23.2. The van der Waals surface area contributed by atoms with E-state index in [0.717, 1.165) is 19.1 Å². The van der Waals surface area contributed by atoms with Crippen LogP contribution in [0.1, 0.15) is 45.1 Å². The van der Waals surface area contributed by atoms with Gasteiger partial charge in [-0.15, -0.1) is 0 Å². The molecule has 0 fully saturated rings. The molecule has 1 atom stereocenters. The van der Waals surface area contributed by atoms with Crippen LogP contribution in [0.3, 0.4) is 0 Å². The Bertz CT molecular complexity index is 1160. The number of sulfonamides is 1. The monoisotopic (exact) mass is 555 g/mol. The molecule has 0 aliphatic heterocycles. The van der Waals surface area contributed by atoms with Crippen molar-refractivity contribution in [1.82, 2.24) is 10.2 Å². The summed E-state index contributed by atoms with van der Waals surface area (Å²) in [5, 5.41) is 3.10. The Labute approximate surface area is 223 Å². The summed E-state index contributed by atoms with van der Waals surface area (Å²) in [6.07, 6.45) is 3.03. The van der Waals surface area contributed by atoms with Crippen LogP contribution in [0.15, 0.2) is 42.5 Å². The molecular formula is C26H35ClFN3O5S. The van der Waals surface area contributed by atoms with E-state index in [4.69, 9.17) is 16.3 Å². The fraction of sp³-hybridized carbons (Fsp3) is 0.462. The minimum Gasteiger partial charge on any atom is -0.495 e. The molecule has 0 aromatic heterocycles. The molecule has 8 nitrogen and oxygen atoms in total. The van der Waals surface area contributed by atoms with Gasteiger partial charge in [0.25, 0.3) is 0 Å². The van der Waals surface area contributed by atoms with Crippen LogP contribution in [-0.2, 0) is 26.2 Å². The molecule has 2 aromatic rings. The number of nitrogens with one attached hydrogen (secondary N) is 1. The molecule has 2 amide bonds. The van der Waals surface area contributed by atoms with Crippen molar-refractivity contribution in [1.29, 1.82) is 0 Å². The van der Waals surface area contributed by atoms with Gasteiger partial charge in [0.2, 0.25) is 21.8 Å². The number of hydrogen-bond acceptors (Lipinski definition) is 5. The van der Waals surface area contributed by atoms with Crippen LogP contribution in [-0.4, -0.2) is 57.6 Å². The first-order chi connectivity index (χ1) is 17.5. The van der Waals surface area contributed by atoms with Crippen LogP contribution in [0.4, 0.5) is 10.1 Å². The average Bonchev–Trinajstić information content (AvgIpc) is 2.85. The Morgan fingerprint density at radius 1 is 1.14 bits per heavy atom. The first-order valence-electron chi connectivity index (χ1n) is 12.1. The van der Waals surface area contributed by atoms with Gasteiger partial charge in [-0.2, -0.15) is 0 Å². The molecule has 0 radical (unpaired) electrons. The molecule has 0 spiro atoms. The minimum atomic E-state index is -3.66. The Hall–Kier alpha value is -2.85. The lowest BCUT2D eigenvalue weighted by molar-refractivity contribution is -0.140. The lowest BCUT2D eigenvalue weighted by Crippen LogP contribution is -2.48. The van der Waals surface area contributed by atoms with Crippen LogP contribution in [0.5, 0.6) is 5.75 Å². The van der Waals surface area contributed by atoms with Gasteiger partial charge in [0.15, 0.2) is 0 Å². The predicted molar refractivity (Wildman–Crippen MR) is 144 cm³/mol. The number of benzene rings is 2. The minimum absolute atomic E-state index is 0.00365. The van der Waals surface area contributed by atoms with Crippen molar-refractivity contribution in [3.05, 3.63) is 58.9 Å². The number of unbranched alkanes of at least 4 members (excludes halogenated alkanes) is 1. The molecule has 1 N–H and O–H groups in total. The number of anilines is 1. The van der Waals surface area contributed by atoms with Gasteiger partial charge in [0, 0.05) is 26.1 Å². The average molecular weight is 556 g/mol. The molecule has 2 aromatic carbocycles. The fourth-order valence-corrected chi connectivity index (χ4v) is 4.93. The SMILES string of the molecule is CCCCNC(=O)[C@H](C)N(Cc1ccc(F)cc1)C(=O)CCCN(c1ccc(OC)c(Cl)c1)S(C)(=O)=O. The van der Waals surface area contributed by atoms with Crippen LogP contribution in [0.25, 0.3) is 0 Å². The second-order valence-corrected chi connectivity index (χ2v) is 11.0. The van der Waals surface area contributed by atoms with E-state index < -0.39 is 21.9 Å². The van der Waals surface area contributed by atoms with Crippen LogP contribution in [0, 0.1) is 5.82 Å². The van der Waals surface area contributed by atoms with Crippen molar-refractivity contribution >= 4 is 39.1 Å². The third kappa shape index (κ3) is 9.19. The summed E-state index contributed by atoms with van der Waals surface area (Å²) in [7, 11) is -2.20. The highest BCUT2D eigenvalue weighted by molar-refractivity contribution is 7.92. The van der Waals surface area contributed by atoms with E-state index in [9.17, 15) is 22.4 Å². The second kappa shape index (κ2) is 14.2. The molecular weight excluding hydrogens is 521 g/mol. The topological polar surface area (TPSA) is 96.0 Å². The van der Waals surface area contributed by atoms with Gasteiger partial charge in [-0.3, -0.25) is 13.9 Å². The predicted octanol–water partition coefficient (Wildman–Crippen LogP) is 4.37. The van der Waals surface area contributed by atoms with E-state index in [0.29, 0.717) is 23.5 Å². The van der Waals surface area contributed by atoms with Crippen molar-refractivity contribution in [2.45, 2.75) is 52.1 Å². The van der Waals surface area contributed by atoms with E-state index in [-0.39, 0.29) is 42.8 Å². The summed E-state index contributed by atoms with van der Waals surface area (Å²) < 4.78 is 44.6. The van der Waals surface area contributed by atoms with E-state index >= 15 is 0 Å². The highest BCUT2D eigenvalue weighted by Crippen LogP contribution is 2.30. The Kier molecular flexibility index (Phi) is 11.6. The molecule has 204 valence electrons. The summed E-state index contributed by atoms with van der Waals surface area (Å²) >= 11 is 6.18. The highest BCUT2D eigenvalue weighted by atomic mass is 35.5. The second-order valence-electron chi connectivity index (χ2n) is 8.73. The Balaban J connectivity index is 2.16. The maximum Gasteiger partial charge on any atom is 0.242 e. The molecule has 0 aliphatic rings. The smallest absolute Gasteiger partial charge is 0.242 e. The van der Waals surface area contributed by atoms with E-state index in [1.807, 2.05) is 6.92 Å². The third-order valence-electron chi connectivity index (χ3n) is 5.84. The van der Waals surface area contributed by atoms with Gasteiger partial charge < -0.3 is 15.0 Å². The highest BCUT2D eigenvalue weighted by Gasteiger charge is 2.26. The van der Waals surface area contributed by atoms with Gasteiger partial charge in [0.05, 0.1) is 24.1 Å². The van der Waals surface area contributed by atoms with Gasteiger partial charge in [0.1, 0.15) is 17.6 Å². The molecule has 37 heavy (non-hydrogen) atoms. The molecule has 0 heterocycles. The lowest BCUT2D eigenvalue weighted by Gasteiger charge is -2.29. The molecule has 2 rings (SSSR count). The zero-order valence-electron chi connectivity index (χ0n) is 21.7. The maximum atomic E-state index is 13.4. The summed E-state index contributed by atoms with van der Waals surface area (Å²) in [5.41, 5.74) is 1.03. The summed E-state index contributed by atoms with van der Waals surface area (Å²) in [4.78, 5) is 27.4. The Morgan fingerprint density at radius 3 is 2.38 bits per heavy atom. The number of carbonyl (C=O) groups is 2. The van der Waals surface area contributed by atoms with Crippen LogP contribution < -0.4 is 14.4 Å². The largest absolute Gasteiger partial charge is 0.495 e. The summed E-state index contributed by atoms with van der Waals surface area (Å²) in [6, 6.07) is 9.61. The lowest BCUT2D eigenvalue weighted by atomic mass is 10.1. The van der Waals surface area contributed by atoms with E-state index in [1.165, 1.54) is 34.5 Å². The summed E-state index contributed by atoms with van der Waals surface area (Å²) in [5.74, 6) is -0.582. The van der Waals surface area contributed by atoms with Crippen molar-refractivity contribution in [3.63, 3.8) is 0 Å². The van der Waals surface area contributed by atoms with Crippen molar-refractivity contribution in [2.75, 3.05) is 30.8 Å². The van der Waals surface area contributed by atoms with E-state index in [2.05, 4.69) is 5.32 Å². The van der Waals surface area contributed by atoms with Gasteiger partial charge in [-0.25, -0.2) is 12.8 Å². The van der Waals surface area contributed by atoms with E-state index in [1.54, 1.807) is 31.2 Å². The molecule has 0 saturated carbocycles. The normalized spacial score (nSPS) is 12.1. The van der Waals surface area contributed by atoms with Crippen molar-refractivity contribution in [3.8, 4) is 5.75 Å². The Morgan fingerprint density at radius 2 is 1.81 bits per heavy atom. The van der Waals surface area contributed by atoms with Gasteiger partial charge in [-0.1, -0.05) is 37.1 Å². The summed E-state index contributed by atoms with van der Waals surface area (Å²) in [6.45, 7) is 4.32. The number of carbonyl (C=O) groups excluding carboxylic acids is 2. The third-order valence-corrected chi connectivity index (χ3v) is 7.33. The number of amides is 2. The number of methoxy groups -OCH3 is 1. The molecule has 0 saturated heterocycles. The molecule has 11 heteroatoms. The number of halogens is 2. The zero-order chi connectivity index (χ0) is 27.6. The quantitative estimate of drug-likeness (QED) is 0.349. The number of nitrogens with zero attached hydrogens (tertiary/aromatic N) is 2. The molecule has 0 bridgehead atoms. The number of hydrogen-bond donors (Lipinski definition) is 1. The first-order valence-corrected chi connectivity index (χ1v) is 14.3. The molecule has 0 aliphatic carbocycles.